The number of hydrogen-bond acceptors (Lipinski definition) is 27. The Bertz CT molecular complexity index is 5680. The second-order valence-corrected chi connectivity index (χ2v) is 38.2. The Balaban J connectivity index is 1.03. The second-order valence-electron chi connectivity index (χ2n) is 35.7. The van der Waals surface area contributed by atoms with Gasteiger partial charge in [0.15, 0.2) is 0 Å². The summed E-state index contributed by atoms with van der Waals surface area (Å²) in [6.07, 6.45) is 0.634. The highest BCUT2D eigenvalue weighted by Crippen LogP contribution is 2.28. The van der Waals surface area contributed by atoms with Crippen molar-refractivity contribution in [2.75, 3.05) is 103 Å². The maximum Gasteiger partial charge on any atom is 0.317 e. The number of benzene rings is 4. The first-order chi connectivity index (χ1) is 68.3. The molecule has 3 aromatic heterocycles. The van der Waals surface area contributed by atoms with Crippen LogP contribution in [0.2, 0.25) is 0 Å². The van der Waals surface area contributed by atoms with E-state index in [0.717, 1.165) is 27.0 Å². The number of hydrogen-bond donors (Lipinski definition) is 22. The molecule has 143 heavy (non-hydrogen) atoms. The predicted octanol–water partition coefficient (Wildman–Crippen LogP) is -3.44. The number of H-pyrrole nitrogens is 3. The fourth-order valence-electron chi connectivity index (χ4n) is 17.0. The number of carboxylic acid groups (broad SMARTS) is 4. The van der Waals surface area contributed by atoms with Gasteiger partial charge >= 0.3 is 23.9 Å². The van der Waals surface area contributed by atoms with Crippen LogP contribution in [0.1, 0.15) is 101 Å². The minimum atomic E-state index is -2.14. The van der Waals surface area contributed by atoms with Gasteiger partial charge in [-0.1, -0.05) is 121 Å². The van der Waals surface area contributed by atoms with E-state index in [4.69, 9.17) is 11.5 Å². The standard InChI is InChI=1S/C94H125N23O24S2/c1-5-52(2)81(111-93(140)82(53(3)118)112-89(136)67(102-54(4)119)37-58-42-99-63-19-10-8-17-61(58)63)92(139)110-73-50-143-142-49-72(91(138)108-71(94(141)117-26-14-22-74(117)83(96)130)38-59-43-100-64-20-11-9-18-62(59)64)109-88(135)70(41-77(122)123)107-86(133)68(39-60-44-97-51-101-60)105-85(132)66(36-55-23-24-56-15-6-7-16-57(56)35-55)104-87(134)69(40-75(95)120)106-84(131)65(103-90(73)137)21-12-13-25-98-76(121)45-113-27-29-114(46-78(124)125)31-33-116(48-80(128)129)34-32-115(30-28-113)47-79(126)127/h6-11,15-20,23-24,35,42-44,51-53,65-74,81-82,99-100,118H,5,12-14,21-22,25-34,36-41,45-50H2,1-4H3,(H2,95,120)(H2,96,130)(H,97,101)(H,98,121)(H,102,119)(H,103,137)(H,104,134)(H,105,132)(H,106,131)(H,107,133)(H,108,138)(H,109,135)(H,110,139)(H,111,140)(H,112,136)(H,122,123)(H,124,125)(H,126,127)(H,128,129)/t52-,53+,65-,66-,67-,68-,69-,70-,71-,72-,73-,74-,81-,82-/m0/s1. The third kappa shape index (κ3) is 34.1. The van der Waals surface area contributed by atoms with Crippen molar-refractivity contribution in [3.8, 4) is 0 Å². The Morgan fingerprint density at radius 1 is 0.517 bits per heavy atom. The largest absolute Gasteiger partial charge is 0.481 e. The number of unbranched alkanes of at least 4 members (excludes halogenated alkanes) is 1. The van der Waals surface area contributed by atoms with Crippen LogP contribution in [-0.4, -0.2) is 364 Å². The minimum Gasteiger partial charge on any atom is -0.481 e. The van der Waals surface area contributed by atoms with E-state index in [1.165, 1.54) is 31.3 Å². The molecule has 0 aliphatic carbocycles. The van der Waals surface area contributed by atoms with E-state index < -0.39 is 260 Å². The monoisotopic (exact) mass is 2020 g/mol. The Morgan fingerprint density at radius 3 is 1.57 bits per heavy atom. The number of aliphatic carboxylic acids is 4. The number of carbonyl (C=O) groups excluding carboxylic acids is 15. The molecule has 3 aliphatic rings. The van der Waals surface area contributed by atoms with E-state index in [1.807, 2.05) is 0 Å². The number of aliphatic hydroxyl groups is 1. The molecule has 7 aromatic rings. The normalized spacial score (nSPS) is 21.0. The molecule has 3 fully saturated rings. The van der Waals surface area contributed by atoms with Crippen LogP contribution in [0, 0.1) is 5.92 Å². The number of aromatic amines is 3. The van der Waals surface area contributed by atoms with E-state index in [-0.39, 0.29) is 116 Å². The predicted molar refractivity (Wildman–Crippen MR) is 522 cm³/mol. The van der Waals surface area contributed by atoms with E-state index in [1.54, 1.807) is 137 Å². The van der Waals surface area contributed by atoms with Gasteiger partial charge in [0.1, 0.15) is 72.5 Å². The number of rotatable bonds is 39. The highest BCUT2D eigenvalue weighted by molar-refractivity contribution is 8.76. The van der Waals surface area contributed by atoms with Crippen LogP contribution >= 0.6 is 21.6 Å². The molecule has 49 heteroatoms. The van der Waals surface area contributed by atoms with E-state index in [2.05, 4.69) is 83.7 Å². The molecule has 24 N–H and O–H groups in total. The summed E-state index contributed by atoms with van der Waals surface area (Å²) in [7, 11) is 1.45. The number of likely N-dealkylation sites (tertiary alicyclic amines) is 1. The summed E-state index contributed by atoms with van der Waals surface area (Å²) in [5.74, 6) is -23.0. The van der Waals surface area contributed by atoms with Gasteiger partial charge in [-0.2, -0.15) is 0 Å². The number of para-hydroxylation sites is 2. The molecule has 47 nitrogen and oxygen atoms in total. The number of imidazole rings is 1. The molecule has 0 bridgehead atoms. The van der Waals surface area contributed by atoms with Gasteiger partial charge in [-0.3, -0.25) is 111 Å². The molecular weight excluding hydrogens is 1900 g/mol. The molecule has 3 aliphatic heterocycles. The lowest BCUT2D eigenvalue weighted by molar-refractivity contribution is -0.142. The lowest BCUT2D eigenvalue weighted by Crippen LogP contribution is -2.62. The molecule has 0 unspecified atom stereocenters. The molecular formula is C94H125N23O24S2. The first-order valence-corrected chi connectivity index (χ1v) is 49.4. The summed E-state index contributed by atoms with van der Waals surface area (Å²) < 4.78 is 0. The summed E-state index contributed by atoms with van der Waals surface area (Å²) in [5, 5.41) is 85.4. The lowest BCUT2D eigenvalue weighted by atomic mass is 9.97. The number of carboxylic acids is 4. The average molecular weight is 2030 g/mol. The number of nitrogens with one attached hydrogen (secondary N) is 15. The van der Waals surface area contributed by atoms with Gasteiger partial charge in [-0.25, -0.2) is 4.98 Å². The van der Waals surface area contributed by atoms with Crippen molar-refractivity contribution in [3.05, 3.63) is 138 Å². The number of nitrogens with two attached hydrogens (primary N) is 2. The molecule has 6 heterocycles. The van der Waals surface area contributed by atoms with Gasteiger partial charge in [0.25, 0.3) is 0 Å². The van der Waals surface area contributed by atoms with Crippen molar-refractivity contribution in [2.24, 2.45) is 17.4 Å². The first kappa shape index (κ1) is 111. The number of aliphatic hydroxyl groups excluding tert-OH is 1. The maximum absolute atomic E-state index is 15.9. The van der Waals surface area contributed by atoms with Crippen LogP contribution in [0.25, 0.3) is 32.6 Å². The summed E-state index contributed by atoms with van der Waals surface area (Å²) in [5.41, 5.74) is 14.7. The molecule has 0 radical (unpaired) electrons. The highest BCUT2D eigenvalue weighted by atomic mass is 33.1. The number of primary amides is 2. The zero-order valence-corrected chi connectivity index (χ0v) is 81.1. The van der Waals surface area contributed by atoms with E-state index in [0.29, 0.717) is 50.3 Å². The van der Waals surface area contributed by atoms with Crippen LogP contribution in [0.5, 0.6) is 0 Å². The lowest BCUT2D eigenvalue weighted by Gasteiger charge is -2.32. The average Bonchev–Trinajstić information content (AvgIpc) is 1.79. The number of amides is 15. The van der Waals surface area contributed by atoms with Gasteiger partial charge in [-0.15, -0.1) is 0 Å². The summed E-state index contributed by atoms with van der Waals surface area (Å²) >= 11 is 0. The number of aromatic nitrogens is 4. The molecule has 3 saturated heterocycles. The summed E-state index contributed by atoms with van der Waals surface area (Å²) in [6.45, 7) is 4.49. The molecule has 0 spiro atoms. The topological polar surface area (TPSA) is 698 Å². The smallest absolute Gasteiger partial charge is 0.317 e. The highest BCUT2D eigenvalue weighted by Gasteiger charge is 2.43. The molecule has 10 rings (SSSR count). The van der Waals surface area contributed by atoms with Gasteiger partial charge in [-0.05, 0) is 84.5 Å². The van der Waals surface area contributed by atoms with Crippen LogP contribution in [0.3, 0.4) is 0 Å². The second kappa shape index (κ2) is 54.2. The number of fused-ring (bicyclic) bond motifs is 3. The molecule has 15 amide bonds. The number of nitrogens with zero attached hydrogens (tertiary/aromatic N) is 6. The quantitative estimate of drug-likeness (QED) is 0.0132. The van der Waals surface area contributed by atoms with Crippen LogP contribution in [0.15, 0.2) is 116 Å². The number of carbonyl (C=O) groups is 19. The van der Waals surface area contributed by atoms with Gasteiger partial charge in [0.2, 0.25) is 88.6 Å². The van der Waals surface area contributed by atoms with Crippen molar-refractivity contribution in [1.29, 1.82) is 0 Å². The SMILES string of the molecule is CC[C@H](C)[C@H](NC(=O)[C@@H](NC(=O)[C@H](Cc1c[nH]c2ccccc12)NC(C)=O)[C@@H](C)O)C(=O)N[C@H]1CSSC[C@@H](C(=O)N[C@@H](Cc2c[nH]c3ccccc23)C(=O)N2CCC[C@H]2C(N)=O)NC(=O)[C@H](CC(=O)O)NC(=O)[C@H](Cc2cnc[nH]2)NC(=O)[C@H](Cc2ccc3ccccc3c2)NC(=O)[C@H](CC(N)=O)NC(=O)[C@H](CCCCNC(=O)CN2CCN(CC(=O)O)CCN(CC(=O)O)CCN(CC(=O)O)CC2)NC1=O. The van der Waals surface area contributed by atoms with E-state index >= 15 is 43.2 Å². The Hall–Kier alpha value is -14.1. The Kier molecular flexibility index (Phi) is 42.0. The zero-order valence-electron chi connectivity index (χ0n) is 79.5. The van der Waals surface area contributed by atoms with Gasteiger partial charge in [0, 0.05) is 156 Å². The molecule has 14 atom stereocenters. The van der Waals surface area contributed by atoms with Crippen molar-refractivity contribution in [3.63, 3.8) is 0 Å². The zero-order chi connectivity index (χ0) is 104. The fourth-order valence-corrected chi connectivity index (χ4v) is 19.4. The summed E-state index contributed by atoms with van der Waals surface area (Å²) in [6, 6.07) is 5.19. The van der Waals surface area contributed by atoms with Crippen LogP contribution in [-0.2, 0) is 117 Å². The third-order valence-corrected chi connectivity index (χ3v) is 27.3. The Labute approximate surface area is 829 Å². The fraction of sp³-hybridized carbons (Fsp3) is 0.489. The third-order valence-electron chi connectivity index (χ3n) is 24.8. The van der Waals surface area contributed by atoms with Crippen molar-refractivity contribution >= 4 is 167 Å². The Morgan fingerprint density at radius 2 is 1.03 bits per heavy atom. The molecule has 772 valence electrons. The van der Waals surface area contributed by atoms with E-state index in [9.17, 15) is 73.5 Å². The minimum absolute atomic E-state index is 0.00553. The van der Waals surface area contributed by atoms with Crippen LogP contribution < -0.4 is 75.3 Å². The van der Waals surface area contributed by atoms with Gasteiger partial charge in [0.05, 0.1) is 51.5 Å². The van der Waals surface area contributed by atoms with Crippen molar-refractivity contribution < 1.29 is 117 Å². The van der Waals surface area contributed by atoms with Crippen molar-refractivity contribution in [1.82, 2.24) is 108 Å². The van der Waals surface area contributed by atoms with Crippen LogP contribution in [0.4, 0.5) is 0 Å². The molecule has 4 aromatic carbocycles. The van der Waals surface area contributed by atoms with Crippen molar-refractivity contribution in [2.45, 2.75) is 183 Å². The van der Waals surface area contributed by atoms with Gasteiger partial charge < -0.3 is 121 Å². The first-order valence-electron chi connectivity index (χ1n) is 47.0. The molecule has 0 saturated carbocycles. The summed E-state index contributed by atoms with van der Waals surface area (Å²) in [4.78, 5) is 291. The maximum atomic E-state index is 15.9.